The van der Waals surface area contributed by atoms with E-state index in [2.05, 4.69) is 4.98 Å². The number of fused-ring (bicyclic) bond motifs is 1. The number of aromatic amines is 1. The number of esters is 1. The van der Waals surface area contributed by atoms with Crippen molar-refractivity contribution < 1.29 is 23.8 Å². The number of H-pyrrole nitrogens is 1. The maximum Gasteiger partial charge on any atom is 0.355 e. The number of hydrogen-bond donors (Lipinski definition) is 2. The Kier molecular flexibility index (Phi) is 3.84. The number of nitrogens with one attached hydrogen (secondary N) is 1. The average Bonchev–Trinajstić information content (AvgIpc) is 2.74. The number of carbonyl (C=O) groups is 2. The Labute approximate surface area is 113 Å². The number of ether oxygens (including phenoxy) is 1. The van der Waals surface area contributed by atoms with Gasteiger partial charge in [0.1, 0.15) is 11.5 Å². The van der Waals surface area contributed by atoms with Crippen LogP contribution in [0.15, 0.2) is 24.3 Å². The fourth-order valence-electron chi connectivity index (χ4n) is 1.88. The monoisotopic (exact) mass is 277 g/mol. The topological polar surface area (TPSA) is 79.4 Å². The van der Waals surface area contributed by atoms with Gasteiger partial charge in [-0.1, -0.05) is 0 Å². The molecule has 20 heavy (non-hydrogen) atoms. The van der Waals surface area contributed by atoms with Crippen LogP contribution in [0.4, 0.5) is 4.39 Å². The number of aliphatic carboxylic acids is 1. The Morgan fingerprint density at radius 2 is 2.20 bits per heavy atom. The van der Waals surface area contributed by atoms with Crippen LogP contribution in [0.5, 0.6) is 0 Å². The normalized spacial score (nSPS) is 11.1. The smallest absolute Gasteiger partial charge is 0.355 e. The molecule has 1 heterocycles. The molecule has 104 valence electrons. The highest BCUT2D eigenvalue weighted by molar-refractivity contribution is 6.03. The zero-order chi connectivity index (χ0) is 14.7. The molecule has 0 bridgehead atoms. The summed E-state index contributed by atoms with van der Waals surface area (Å²) < 4.78 is 18.2. The van der Waals surface area contributed by atoms with Gasteiger partial charge in [-0.05, 0) is 31.2 Å². The number of aromatic nitrogens is 1. The Bertz CT molecular complexity index is 703. The first-order valence-corrected chi connectivity index (χ1v) is 5.92. The van der Waals surface area contributed by atoms with E-state index in [1.807, 2.05) is 0 Å². The highest BCUT2D eigenvalue weighted by Crippen LogP contribution is 2.25. The van der Waals surface area contributed by atoms with E-state index in [4.69, 9.17) is 9.84 Å². The second-order valence-corrected chi connectivity index (χ2v) is 4.00. The number of carbonyl (C=O) groups excluding carboxylic acids is 1. The number of benzene rings is 1. The molecule has 2 N–H and O–H groups in total. The number of halogens is 1. The van der Waals surface area contributed by atoms with E-state index in [1.165, 1.54) is 24.3 Å². The quantitative estimate of drug-likeness (QED) is 0.665. The second kappa shape index (κ2) is 5.56. The third-order valence-corrected chi connectivity index (χ3v) is 2.67. The summed E-state index contributed by atoms with van der Waals surface area (Å²) in [5.41, 5.74) is 0.921. The molecule has 0 spiro atoms. The van der Waals surface area contributed by atoms with Crippen LogP contribution < -0.4 is 0 Å². The predicted octanol–water partition coefficient (Wildman–Crippen LogP) is 2.58. The molecular weight excluding hydrogens is 265 g/mol. The minimum absolute atomic E-state index is 0.102. The summed E-state index contributed by atoms with van der Waals surface area (Å²) in [6, 6.07) is 3.96. The molecule has 0 saturated heterocycles. The first-order chi connectivity index (χ1) is 9.52. The number of carboxylic acids is 1. The molecule has 0 amide bonds. The van der Waals surface area contributed by atoms with Gasteiger partial charge >= 0.3 is 11.9 Å². The van der Waals surface area contributed by atoms with Gasteiger partial charge in [0.2, 0.25) is 0 Å². The molecule has 2 aromatic rings. The third-order valence-electron chi connectivity index (χ3n) is 2.67. The first kappa shape index (κ1) is 13.8. The van der Waals surface area contributed by atoms with Crippen molar-refractivity contribution in [1.29, 1.82) is 0 Å². The maximum atomic E-state index is 13.3. The van der Waals surface area contributed by atoms with Crippen molar-refractivity contribution in [3.8, 4) is 0 Å². The van der Waals surface area contributed by atoms with E-state index in [1.54, 1.807) is 6.92 Å². The van der Waals surface area contributed by atoms with E-state index in [0.29, 0.717) is 16.5 Å². The van der Waals surface area contributed by atoms with Crippen LogP contribution in [0.3, 0.4) is 0 Å². The van der Waals surface area contributed by atoms with Gasteiger partial charge < -0.3 is 14.8 Å². The molecule has 2 rings (SSSR count). The Balaban J connectivity index is 2.63. The summed E-state index contributed by atoms with van der Waals surface area (Å²) >= 11 is 0. The second-order valence-electron chi connectivity index (χ2n) is 4.00. The Hall–Kier alpha value is -2.63. The van der Waals surface area contributed by atoms with Crippen LogP contribution >= 0.6 is 0 Å². The van der Waals surface area contributed by atoms with Crippen molar-refractivity contribution >= 4 is 28.9 Å². The lowest BCUT2D eigenvalue weighted by Crippen LogP contribution is -2.06. The lowest BCUT2D eigenvalue weighted by atomic mass is 10.1. The van der Waals surface area contributed by atoms with Gasteiger partial charge in [-0.15, -0.1) is 0 Å². The molecule has 6 heteroatoms. The minimum atomic E-state index is -1.16. The van der Waals surface area contributed by atoms with Gasteiger partial charge in [-0.3, -0.25) is 0 Å². The van der Waals surface area contributed by atoms with Crippen molar-refractivity contribution in [1.82, 2.24) is 4.98 Å². The van der Waals surface area contributed by atoms with E-state index in [-0.39, 0.29) is 12.3 Å². The van der Waals surface area contributed by atoms with Crippen LogP contribution in [0, 0.1) is 5.82 Å². The largest absolute Gasteiger partial charge is 0.478 e. The van der Waals surface area contributed by atoms with Crippen molar-refractivity contribution in [3.63, 3.8) is 0 Å². The number of carboxylic acid groups (broad SMARTS) is 1. The lowest BCUT2D eigenvalue weighted by Gasteiger charge is -2.00. The predicted molar refractivity (Wildman–Crippen MR) is 70.9 cm³/mol. The van der Waals surface area contributed by atoms with Gasteiger partial charge in [0, 0.05) is 22.5 Å². The minimum Gasteiger partial charge on any atom is -0.478 e. The summed E-state index contributed by atoms with van der Waals surface area (Å²) in [6.07, 6.45) is 2.13. The molecule has 1 aromatic carbocycles. The zero-order valence-electron chi connectivity index (χ0n) is 10.6. The first-order valence-electron chi connectivity index (χ1n) is 5.92. The Morgan fingerprint density at radius 3 is 2.85 bits per heavy atom. The van der Waals surface area contributed by atoms with Crippen molar-refractivity contribution in [2.24, 2.45) is 0 Å². The summed E-state index contributed by atoms with van der Waals surface area (Å²) in [5, 5.41) is 9.11. The van der Waals surface area contributed by atoms with Crippen LogP contribution in [-0.2, 0) is 9.53 Å². The molecule has 0 saturated carbocycles. The summed E-state index contributed by atoms with van der Waals surface area (Å²) in [4.78, 5) is 25.3. The average molecular weight is 277 g/mol. The van der Waals surface area contributed by atoms with Gasteiger partial charge in [-0.2, -0.15) is 0 Å². The maximum absolute atomic E-state index is 13.3. The van der Waals surface area contributed by atoms with E-state index < -0.39 is 17.8 Å². The summed E-state index contributed by atoms with van der Waals surface area (Å²) in [6.45, 7) is 1.84. The van der Waals surface area contributed by atoms with Crippen LogP contribution in [0.2, 0.25) is 0 Å². The fraction of sp³-hybridized carbons (Fsp3) is 0.143. The van der Waals surface area contributed by atoms with Crippen molar-refractivity contribution in [3.05, 3.63) is 41.3 Å². The van der Waals surface area contributed by atoms with Crippen molar-refractivity contribution in [2.45, 2.75) is 6.92 Å². The van der Waals surface area contributed by atoms with Gasteiger partial charge in [0.05, 0.1) is 6.61 Å². The molecule has 0 aliphatic rings. The molecule has 1 aromatic heterocycles. The molecule has 0 radical (unpaired) electrons. The molecule has 5 nitrogen and oxygen atoms in total. The van der Waals surface area contributed by atoms with Crippen LogP contribution in [-0.4, -0.2) is 28.6 Å². The lowest BCUT2D eigenvalue weighted by molar-refractivity contribution is -0.131. The van der Waals surface area contributed by atoms with E-state index in [9.17, 15) is 14.0 Å². The SMILES string of the molecule is CCOC(=O)c1[nH]c2ccc(F)cc2c1/C=C\C(=O)O. The molecule has 0 aliphatic heterocycles. The summed E-state index contributed by atoms with van der Waals surface area (Å²) in [5.74, 6) is -2.25. The van der Waals surface area contributed by atoms with E-state index >= 15 is 0 Å². The highest BCUT2D eigenvalue weighted by Gasteiger charge is 2.17. The van der Waals surface area contributed by atoms with Gasteiger partial charge in [-0.25, -0.2) is 14.0 Å². The molecule has 0 aliphatic carbocycles. The van der Waals surface area contributed by atoms with Crippen molar-refractivity contribution in [2.75, 3.05) is 6.61 Å². The third kappa shape index (κ3) is 2.69. The van der Waals surface area contributed by atoms with E-state index in [0.717, 1.165) is 6.08 Å². The van der Waals surface area contributed by atoms with Crippen LogP contribution in [0.25, 0.3) is 17.0 Å². The molecule has 0 unspecified atom stereocenters. The highest BCUT2D eigenvalue weighted by atomic mass is 19.1. The molecular formula is C14H12FNO4. The standard InChI is InChI=1S/C14H12FNO4/c1-2-20-14(19)13-9(4-6-12(17)18)10-7-8(15)3-5-11(10)16-13/h3-7,16H,2H2,1H3,(H,17,18)/b6-4-. The van der Waals surface area contributed by atoms with Gasteiger partial charge in [0.25, 0.3) is 0 Å². The summed E-state index contributed by atoms with van der Waals surface area (Å²) in [7, 11) is 0. The van der Waals surface area contributed by atoms with Crippen LogP contribution in [0.1, 0.15) is 23.0 Å². The molecule has 0 fully saturated rings. The number of rotatable bonds is 4. The zero-order valence-corrected chi connectivity index (χ0v) is 10.6. The molecule has 0 atom stereocenters. The Morgan fingerprint density at radius 1 is 1.45 bits per heavy atom. The fourth-order valence-corrected chi connectivity index (χ4v) is 1.88. The number of hydrogen-bond acceptors (Lipinski definition) is 3. The van der Waals surface area contributed by atoms with Gasteiger partial charge in [0.15, 0.2) is 0 Å².